The summed E-state index contributed by atoms with van der Waals surface area (Å²) in [7, 11) is 0. The number of hydrogen-bond donors (Lipinski definition) is 1. The standard InChI is InChI=1S/C21H18ClFN4O2S/c22-14-4-3-5-15(12-14)24-18(28)20-26-25-19(30-20)13-8-10-27(11-9-13)21(29)16-6-1-2-7-17(16)23/h1-7,12-13H,8-11H2,(H,24,28). The summed E-state index contributed by atoms with van der Waals surface area (Å²) in [5.74, 6) is -1.04. The second-order valence-electron chi connectivity index (χ2n) is 6.96. The predicted octanol–water partition coefficient (Wildman–Crippen LogP) is 4.60. The molecule has 6 nitrogen and oxygen atoms in total. The van der Waals surface area contributed by atoms with Crippen LogP contribution in [0.25, 0.3) is 0 Å². The van der Waals surface area contributed by atoms with Gasteiger partial charge in [0.1, 0.15) is 10.8 Å². The van der Waals surface area contributed by atoms with Crippen molar-refractivity contribution < 1.29 is 14.0 Å². The monoisotopic (exact) mass is 444 g/mol. The van der Waals surface area contributed by atoms with Crippen LogP contribution in [0.3, 0.4) is 0 Å². The number of aromatic nitrogens is 2. The highest BCUT2D eigenvalue weighted by atomic mass is 35.5. The maximum Gasteiger partial charge on any atom is 0.286 e. The smallest absolute Gasteiger partial charge is 0.286 e. The van der Waals surface area contributed by atoms with Crippen LogP contribution in [0.5, 0.6) is 0 Å². The lowest BCUT2D eigenvalue weighted by Gasteiger charge is -2.31. The number of benzene rings is 2. The summed E-state index contributed by atoms with van der Waals surface area (Å²) in [6.07, 6.45) is 1.37. The third-order valence-electron chi connectivity index (χ3n) is 4.95. The molecule has 1 aliphatic rings. The molecule has 0 bridgehead atoms. The van der Waals surface area contributed by atoms with Crippen molar-refractivity contribution in [2.24, 2.45) is 0 Å². The first-order chi connectivity index (χ1) is 14.5. The van der Waals surface area contributed by atoms with Crippen LogP contribution >= 0.6 is 22.9 Å². The van der Waals surface area contributed by atoms with E-state index in [0.29, 0.717) is 36.6 Å². The molecule has 154 valence electrons. The van der Waals surface area contributed by atoms with Gasteiger partial charge in [-0.25, -0.2) is 4.39 Å². The minimum atomic E-state index is -0.510. The second-order valence-corrected chi connectivity index (χ2v) is 8.40. The molecule has 1 aliphatic heterocycles. The lowest BCUT2D eigenvalue weighted by atomic mass is 9.97. The van der Waals surface area contributed by atoms with Crippen LogP contribution in [0.4, 0.5) is 10.1 Å². The molecule has 4 rings (SSSR count). The minimum absolute atomic E-state index is 0.0897. The van der Waals surface area contributed by atoms with Gasteiger partial charge in [0.2, 0.25) is 5.01 Å². The van der Waals surface area contributed by atoms with Gasteiger partial charge in [-0.2, -0.15) is 0 Å². The number of nitrogens with zero attached hydrogens (tertiary/aromatic N) is 3. The number of halogens is 2. The molecule has 3 aromatic rings. The molecule has 0 spiro atoms. The number of carbonyl (C=O) groups is 2. The summed E-state index contributed by atoms with van der Waals surface area (Å²) >= 11 is 7.19. The van der Waals surface area contributed by atoms with E-state index in [4.69, 9.17) is 11.6 Å². The number of hydrogen-bond acceptors (Lipinski definition) is 5. The maximum absolute atomic E-state index is 13.9. The molecule has 2 heterocycles. The third-order valence-corrected chi connectivity index (χ3v) is 6.27. The first-order valence-corrected chi connectivity index (χ1v) is 10.6. The Kier molecular flexibility index (Phi) is 6.06. The van der Waals surface area contributed by atoms with Gasteiger partial charge < -0.3 is 10.2 Å². The van der Waals surface area contributed by atoms with E-state index in [9.17, 15) is 14.0 Å². The highest BCUT2D eigenvalue weighted by Crippen LogP contribution is 2.31. The minimum Gasteiger partial charge on any atom is -0.339 e. The zero-order valence-corrected chi connectivity index (χ0v) is 17.4. The van der Waals surface area contributed by atoms with Crippen LogP contribution in [0.2, 0.25) is 5.02 Å². The van der Waals surface area contributed by atoms with E-state index in [-0.39, 0.29) is 28.3 Å². The van der Waals surface area contributed by atoms with Crippen LogP contribution in [0.1, 0.15) is 43.9 Å². The number of nitrogens with one attached hydrogen (secondary N) is 1. The average Bonchev–Trinajstić information content (AvgIpc) is 3.24. The van der Waals surface area contributed by atoms with Crippen molar-refractivity contribution in [3.63, 3.8) is 0 Å². The first-order valence-electron chi connectivity index (χ1n) is 9.45. The maximum atomic E-state index is 13.9. The molecule has 30 heavy (non-hydrogen) atoms. The highest BCUT2D eigenvalue weighted by molar-refractivity contribution is 7.13. The molecule has 0 aliphatic carbocycles. The van der Waals surface area contributed by atoms with Crippen molar-refractivity contribution in [1.29, 1.82) is 0 Å². The lowest BCUT2D eigenvalue weighted by molar-refractivity contribution is 0.0708. The summed E-state index contributed by atoms with van der Waals surface area (Å²) in [4.78, 5) is 26.6. The largest absolute Gasteiger partial charge is 0.339 e. The van der Waals surface area contributed by atoms with Crippen molar-refractivity contribution in [3.05, 3.63) is 74.9 Å². The van der Waals surface area contributed by atoms with Crippen molar-refractivity contribution >= 4 is 40.4 Å². The number of piperidine rings is 1. The van der Waals surface area contributed by atoms with Crippen LogP contribution in [-0.4, -0.2) is 40.0 Å². The predicted molar refractivity (Wildman–Crippen MR) is 114 cm³/mol. The van der Waals surface area contributed by atoms with Gasteiger partial charge in [-0.05, 0) is 43.2 Å². The number of amides is 2. The van der Waals surface area contributed by atoms with Gasteiger partial charge in [0.05, 0.1) is 5.56 Å². The Morgan fingerprint density at radius 1 is 1.10 bits per heavy atom. The highest BCUT2D eigenvalue weighted by Gasteiger charge is 2.28. The van der Waals surface area contributed by atoms with Crippen LogP contribution in [-0.2, 0) is 0 Å². The van der Waals surface area contributed by atoms with Crippen LogP contribution < -0.4 is 5.32 Å². The Labute approximate surface area is 181 Å². The molecule has 0 saturated carbocycles. The van der Waals surface area contributed by atoms with E-state index in [1.165, 1.54) is 23.5 Å². The second kappa shape index (κ2) is 8.89. The summed E-state index contributed by atoms with van der Waals surface area (Å²) in [5, 5.41) is 12.5. The fourth-order valence-corrected chi connectivity index (χ4v) is 4.47. The molecule has 2 amide bonds. The first kappa shape index (κ1) is 20.4. The summed E-state index contributed by atoms with van der Waals surface area (Å²) in [5.41, 5.74) is 0.677. The zero-order valence-electron chi connectivity index (χ0n) is 15.8. The fourth-order valence-electron chi connectivity index (χ4n) is 3.38. The molecule has 1 aromatic heterocycles. The van der Waals surface area contributed by atoms with Crippen molar-refractivity contribution in [2.45, 2.75) is 18.8 Å². The van der Waals surface area contributed by atoms with Gasteiger partial charge in [0.15, 0.2) is 0 Å². The Morgan fingerprint density at radius 3 is 2.60 bits per heavy atom. The van der Waals surface area contributed by atoms with Gasteiger partial charge in [-0.3, -0.25) is 9.59 Å². The molecule has 0 atom stereocenters. The van der Waals surface area contributed by atoms with Crippen molar-refractivity contribution in [3.8, 4) is 0 Å². The van der Waals surface area contributed by atoms with Crippen LogP contribution in [0, 0.1) is 5.82 Å². The molecule has 1 saturated heterocycles. The van der Waals surface area contributed by atoms with E-state index in [1.807, 2.05) is 0 Å². The van der Waals surface area contributed by atoms with Crippen LogP contribution in [0.15, 0.2) is 48.5 Å². The van der Waals surface area contributed by atoms with E-state index in [2.05, 4.69) is 15.5 Å². The Bertz CT molecular complexity index is 1080. The molecule has 1 N–H and O–H groups in total. The average molecular weight is 445 g/mol. The van der Waals surface area contributed by atoms with Gasteiger partial charge in [0, 0.05) is 29.7 Å². The van der Waals surface area contributed by atoms with E-state index < -0.39 is 5.82 Å². The Balaban J connectivity index is 1.36. The van der Waals surface area contributed by atoms with Gasteiger partial charge in [0.25, 0.3) is 11.8 Å². The van der Waals surface area contributed by atoms with E-state index >= 15 is 0 Å². The quantitative estimate of drug-likeness (QED) is 0.638. The summed E-state index contributed by atoms with van der Waals surface area (Å²) in [6, 6.07) is 12.9. The number of rotatable bonds is 4. The SMILES string of the molecule is O=C(Nc1cccc(Cl)c1)c1nnc(C2CCN(C(=O)c3ccccc3F)CC2)s1. The number of carbonyl (C=O) groups excluding carboxylic acids is 2. The van der Waals surface area contributed by atoms with Gasteiger partial charge >= 0.3 is 0 Å². The van der Waals surface area contributed by atoms with Gasteiger partial charge in [-0.1, -0.05) is 41.1 Å². The van der Waals surface area contributed by atoms with E-state index in [0.717, 1.165) is 5.01 Å². The number of anilines is 1. The summed E-state index contributed by atoms with van der Waals surface area (Å²) in [6.45, 7) is 1.00. The molecular formula is C21H18ClFN4O2S. The fraction of sp³-hybridized carbons (Fsp3) is 0.238. The molecule has 0 unspecified atom stereocenters. The normalized spacial score (nSPS) is 14.5. The molecule has 2 aromatic carbocycles. The Morgan fingerprint density at radius 2 is 1.87 bits per heavy atom. The molecule has 9 heteroatoms. The van der Waals surface area contributed by atoms with Crippen molar-refractivity contribution in [1.82, 2.24) is 15.1 Å². The Hall–Kier alpha value is -2.84. The molecule has 0 radical (unpaired) electrons. The third kappa shape index (κ3) is 4.49. The zero-order chi connectivity index (χ0) is 21.1. The van der Waals surface area contributed by atoms with Crippen molar-refractivity contribution in [2.75, 3.05) is 18.4 Å². The van der Waals surface area contributed by atoms with Gasteiger partial charge in [-0.15, -0.1) is 10.2 Å². The summed E-state index contributed by atoms with van der Waals surface area (Å²) < 4.78 is 13.9. The van der Waals surface area contributed by atoms with E-state index in [1.54, 1.807) is 41.3 Å². The number of likely N-dealkylation sites (tertiary alicyclic amines) is 1. The topological polar surface area (TPSA) is 75.2 Å². The molecular weight excluding hydrogens is 427 g/mol. The lowest BCUT2D eigenvalue weighted by Crippen LogP contribution is -2.38. The molecule has 1 fully saturated rings.